The molecule has 2 rings (SSSR count). The Morgan fingerprint density at radius 3 is 2.60 bits per heavy atom. The molecular weight excluding hydrogens is 432 g/mol. The number of benzene rings is 1. The normalized spacial score (nSPS) is 11.9. The summed E-state index contributed by atoms with van der Waals surface area (Å²) in [5.74, 6) is -1.96. The highest BCUT2D eigenvalue weighted by Gasteiger charge is 2.27. The van der Waals surface area contributed by atoms with Crippen molar-refractivity contribution in [3.8, 4) is 6.07 Å². The summed E-state index contributed by atoms with van der Waals surface area (Å²) >= 11 is 13.8. The molecule has 0 aliphatic rings. The standard InChI is InChI=1S/C13H5Br2ClFNOS/c14-11-4-8(13(15)20-11)12(19)9(5-18)7-2-1-6(17)3-10(7)16/h1-4,9H. The molecule has 1 unspecified atom stereocenters. The molecule has 20 heavy (non-hydrogen) atoms. The van der Waals surface area contributed by atoms with E-state index in [2.05, 4.69) is 31.9 Å². The zero-order chi connectivity index (χ0) is 14.9. The molecule has 2 nitrogen and oxygen atoms in total. The van der Waals surface area contributed by atoms with Crippen LogP contribution < -0.4 is 0 Å². The van der Waals surface area contributed by atoms with Crippen molar-refractivity contribution in [2.75, 3.05) is 0 Å². The topological polar surface area (TPSA) is 40.9 Å². The number of carbonyl (C=O) groups excluding carboxylic acids is 1. The summed E-state index contributed by atoms with van der Waals surface area (Å²) in [5.41, 5.74) is 0.698. The van der Waals surface area contributed by atoms with E-state index in [4.69, 9.17) is 11.6 Å². The Morgan fingerprint density at radius 1 is 1.40 bits per heavy atom. The van der Waals surface area contributed by atoms with Crippen LogP contribution in [0.15, 0.2) is 31.8 Å². The first-order valence-electron chi connectivity index (χ1n) is 5.27. The lowest BCUT2D eigenvalue weighted by atomic mass is 9.93. The second kappa shape index (κ2) is 6.35. The van der Waals surface area contributed by atoms with Gasteiger partial charge < -0.3 is 0 Å². The number of nitrogens with zero attached hydrogens (tertiary/aromatic N) is 1. The van der Waals surface area contributed by atoms with Gasteiger partial charge in [0.25, 0.3) is 0 Å². The van der Waals surface area contributed by atoms with Crippen molar-refractivity contribution < 1.29 is 9.18 Å². The average Bonchev–Trinajstić information content (AvgIpc) is 2.71. The molecule has 0 aliphatic heterocycles. The van der Waals surface area contributed by atoms with Gasteiger partial charge in [0.2, 0.25) is 0 Å². The van der Waals surface area contributed by atoms with Crippen molar-refractivity contribution in [1.29, 1.82) is 5.26 Å². The predicted octanol–water partition coefficient (Wildman–Crippen LogP) is 5.56. The van der Waals surface area contributed by atoms with Crippen molar-refractivity contribution in [3.05, 3.63) is 53.8 Å². The molecule has 1 aromatic heterocycles. The fourth-order valence-corrected chi connectivity index (χ4v) is 4.76. The highest BCUT2D eigenvalue weighted by atomic mass is 79.9. The maximum atomic E-state index is 13.0. The van der Waals surface area contributed by atoms with Crippen LogP contribution in [0, 0.1) is 17.1 Å². The van der Waals surface area contributed by atoms with E-state index in [0.29, 0.717) is 14.9 Å². The number of hydrogen-bond acceptors (Lipinski definition) is 3. The highest BCUT2D eigenvalue weighted by Crippen LogP contribution is 2.36. The summed E-state index contributed by atoms with van der Waals surface area (Å²) in [5, 5.41) is 9.32. The number of ketones is 1. The molecule has 2 aromatic rings. The lowest BCUT2D eigenvalue weighted by Gasteiger charge is -2.10. The van der Waals surface area contributed by atoms with Crippen molar-refractivity contribution in [2.24, 2.45) is 0 Å². The molecule has 0 fully saturated rings. The number of rotatable bonds is 3. The Bertz CT molecular complexity index is 726. The summed E-state index contributed by atoms with van der Waals surface area (Å²) in [4.78, 5) is 12.4. The highest BCUT2D eigenvalue weighted by molar-refractivity contribution is 9.12. The number of carbonyl (C=O) groups is 1. The van der Waals surface area contributed by atoms with Gasteiger partial charge in [-0.25, -0.2) is 4.39 Å². The lowest BCUT2D eigenvalue weighted by Crippen LogP contribution is -2.11. The summed E-state index contributed by atoms with van der Waals surface area (Å²) in [6, 6.07) is 7.19. The summed E-state index contributed by atoms with van der Waals surface area (Å²) in [6.07, 6.45) is 0. The van der Waals surface area contributed by atoms with Gasteiger partial charge in [-0.05, 0) is 55.6 Å². The zero-order valence-electron chi connectivity index (χ0n) is 9.66. The van der Waals surface area contributed by atoms with Gasteiger partial charge in [0.05, 0.1) is 13.6 Å². The Morgan fingerprint density at radius 2 is 2.10 bits per heavy atom. The van der Waals surface area contributed by atoms with Gasteiger partial charge in [-0.2, -0.15) is 5.26 Å². The molecule has 0 spiro atoms. The smallest absolute Gasteiger partial charge is 0.186 e. The maximum Gasteiger partial charge on any atom is 0.186 e. The van der Waals surface area contributed by atoms with Gasteiger partial charge in [-0.1, -0.05) is 17.7 Å². The Kier molecular flexibility index (Phi) is 4.97. The van der Waals surface area contributed by atoms with Gasteiger partial charge >= 0.3 is 0 Å². The molecular formula is C13H5Br2ClFNOS. The van der Waals surface area contributed by atoms with Crippen molar-refractivity contribution >= 4 is 60.6 Å². The summed E-state index contributed by atoms with van der Waals surface area (Å²) in [6.45, 7) is 0. The van der Waals surface area contributed by atoms with E-state index < -0.39 is 11.7 Å². The first kappa shape index (κ1) is 15.6. The molecule has 1 atom stereocenters. The van der Waals surface area contributed by atoms with Crippen molar-refractivity contribution in [3.63, 3.8) is 0 Å². The second-order valence-electron chi connectivity index (χ2n) is 3.83. The van der Waals surface area contributed by atoms with E-state index >= 15 is 0 Å². The van der Waals surface area contributed by atoms with Crippen LogP contribution in [0.1, 0.15) is 21.8 Å². The lowest BCUT2D eigenvalue weighted by molar-refractivity contribution is 0.0978. The average molecular weight is 438 g/mol. The van der Waals surface area contributed by atoms with E-state index in [1.54, 1.807) is 6.07 Å². The molecule has 7 heteroatoms. The third-order valence-corrected chi connectivity index (χ3v) is 5.25. The number of thiophene rings is 1. The van der Waals surface area contributed by atoms with Crippen molar-refractivity contribution in [1.82, 2.24) is 0 Å². The fourth-order valence-electron chi connectivity index (χ4n) is 1.67. The molecule has 0 saturated heterocycles. The minimum Gasteiger partial charge on any atom is -0.292 e. The third kappa shape index (κ3) is 3.12. The quantitative estimate of drug-likeness (QED) is 0.590. The Labute approximate surface area is 140 Å². The molecule has 0 aliphatic carbocycles. The number of nitriles is 1. The van der Waals surface area contributed by atoms with E-state index in [-0.39, 0.29) is 10.8 Å². The van der Waals surface area contributed by atoms with Crippen LogP contribution in [0.4, 0.5) is 4.39 Å². The minimum atomic E-state index is -1.07. The molecule has 0 N–H and O–H groups in total. The molecule has 0 bridgehead atoms. The largest absolute Gasteiger partial charge is 0.292 e. The Hall–Kier alpha value is -0.740. The SMILES string of the molecule is N#CC(C(=O)c1cc(Br)sc1Br)c1ccc(F)cc1Cl. The van der Waals surface area contributed by atoms with E-state index in [0.717, 1.165) is 9.85 Å². The number of Topliss-reactive ketones (excluding diaryl/α,β-unsaturated/α-hetero) is 1. The minimum absolute atomic E-state index is 0.0651. The van der Waals surface area contributed by atoms with Crippen LogP contribution in [-0.4, -0.2) is 5.78 Å². The fraction of sp³-hybridized carbons (Fsp3) is 0.0769. The van der Waals surface area contributed by atoms with Crippen LogP contribution in [0.3, 0.4) is 0 Å². The molecule has 1 heterocycles. The van der Waals surface area contributed by atoms with Gasteiger partial charge in [-0.15, -0.1) is 11.3 Å². The molecule has 1 aromatic carbocycles. The van der Waals surface area contributed by atoms with E-state index in [1.165, 1.54) is 23.5 Å². The van der Waals surface area contributed by atoms with Gasteiger partial charge in [-0.3, -0.25) is 4.79 Å². The van der Waals surface area contributed by atoms with Crippen molar-refractivity contribution in [2.45, 2.75) is 5.92 Å². The zero-order valence-corrected chi connectivity index (χ0v) is 14.4. The predicted molar refractivity (Wildman–Crippen MR) is 83.8 cm³/mol. The second-order valence-corrected chi connectivity index (χ2v) is 7.99. The monoisotopic (exact) mass is 435 g/mol. The van der Waals surface area contributed by atoms with Gasteiger partial charge in [0.1, 0.15) is 11.7 Å². The van der Waals surface area contributed by atoms with E-state index in [1.807, 2.05) is 6.07 Å². The van der Waals surface area contributed by atoms with Crippen LogP contribution in [-0.2, 0) is 0 Å². The maximum absolute atomic E-state index is 13.0. The first-order chi connectivity index (χ1) is 9.43. The number of hydrogen-bond donors (Lipinski definition) is 0. The van der Waals surface area contributed by atoms with Crippen LogP contribution >= 0.6 is 54.8 Å². The summed E-state index contributed by atoms with van der Waals surface area (Å²) in [7, 11) is 0. The van der Waals surface area contributed by atoms with Crippen LogP contribution in [0.25, 0.3) is 0 Å². The van der Waals surface area contributed by atoms with Gasteiger partial charge in [0.15, 0.2) is 5.78 Å². The van der Waals surface area contributed by atoms with E-state index in [9.17, 15) is 14.4 Å². The first-order valence-corrected chi connectivity index (χ1v) is 8.05. The molecule has 0 radical (unpaired) electrons. The van der Waals surface area contributed by atoms with Gasteiger partial charge in [0, 0.05) is 10.6 Å². The third-order valence-electron chi connectivity index (χ3n) is 2.59. The Balaban J connectivity index is 2.45. The van der Waals surface area contributed by atoms with Crippen LogP contribution in [0.2, 0.25) is 5.02 Å². The van der Waals surface area contributed by atoms with Crippen LogP contribution in [0.5, 0.6) is 0 Å². The summed E-state index contributed by atoms with van der Waals surface area (Å²) < 4.78 is 14.4. The molecule has 0 saturated carbocycles. The molecule has 102 valence electrons. The number of halogens is 4. The molecule has 0 amide bonds.